The van der Waals surface area contributed by atoms with Crippen LogP contribution < -0.4 is 0 Å². The van der Waals surface area contributed by atoms with E-state index in [2.05, 4.69) is 46.2 Å². The van der Waals surface area contributed by atoms with Gasteiger partial charge in [-0.25, -0.2) is 4.39 Å². The second-order valence-electron chi connectivity index (χ2n) is 8.70. The Hall–Kier alpha value is -0.130. The summed E-state index contributed by atoms with van der Waals surface area (Å²) in [5.41, 5.74) is 0.328. The summed E-state index contributed by atoms with van der Waals surface area (Å²) in [5.74, 6) is 5.24. The van der Waals surface area contributed by atoms with E-state index in [1.165, 1.54) is 0 Å². The fourth-order valence-corrected chi connectivity index (χ4v) is 16.6. The molecule has 1 aliphatic carbocycles. The minimum Gasteiger partial charge on any atom is -0.212 e. The van der Waals surface area contributed by atoms with Gasteiger partial charge in [-0.1, -0.05) is 33.0 Å². The van der Waals surface area contributed by atoms with E-state index in [-0.39, 0.29) is 32.0 Å². The van der Waals surface area contributed by atoms with Gasteiger partial charge in [-0.05, 0) is 51.2 Å². The zero-order chi connectivity index (χ0) is 20.3. The van der Waals surface area contributed by atoms with Crippen LogP contribution in [0.1, 0.15) is 54.4 Å². The maximum atomic E-state index is 14.6. The molecule has 0 aromatic carbocycles. The van der Waals surface area contributed by atoms with Crippen molar-refractivity contribution in [2.45, 2.75) is 59.5 Å². The molecule has 0 N–H and O–H groups in total. The van der Waals surface area contributed by atoms with Crippen molar-refractivity contribution < 1.29 is 4.39 Å². The third kappa shape index (κ3) is 4.82. The Bertz CT molecular complexity index is 671. The van der Waals surface area contributed by atoms with Gasteiger partial charge in [0.25, 0.3) is 0 Å². The fraction of sp³-hybridized carbons (Fsp3) is 0.682. The Morgan fingerprint density at radius 1 is 1.27 bits per heavy atom. The standard InChI is InChI=1S/C22H38FP3/c1-11-22(14-18(4)20(23)19(22)5)15-21(6,7)26(10,16-24(8)12-2)17-25(9)13-3/h1,18H,8-10,12-17H2,2-7H3/q+2/t18-,22-/m1/s1. The van der Waals surface area contributed by atoms with Gasteiger partial charge < -0.3 is 0 Å². The molecule has 1 aliphatic rings. The van der Waals surface area contributed by atoms with Crippen molar-refractivity contribution >= 4 is 40.9 Å². The van der Waals surface area contributed by atoms with Crippen molar-refractivity contribution in [1.82, 2.24) is 0 Å². The quantitative estimate of drug-likeness (QED) is 0.274. The molecule has 0 aromatic rings. The zero-order valence-electron chi connectivity index (χ0n) is 17.7. The van der Waals surface area contributed by atoms with Crippen molar-refractivity contribution in [3.63, 3.8) is 0 Å². The van der Waals surface area contributed by atoms with Crippen molar-refractivity contribution in [1.29, 1.82) is 0 Å². The van der Waals surface area contributed by atoms with E-state index in [4.69, 9.17) is 12.7 Å². The normalized spacial score (nSPS) is 27.1. The van der Waals surface area contributed by atoms with E-state index in [0.29, 0.717) is 0 Å². The maximum absolute atomic E-state index is 14.6. The van der Waals surface area contributed by atoms with Gasteiger partial charge in [-0.3, -0.25) is 0 Å². The lowest BCUT2D eigenvalue weighted by atomic mass is 9.75. The largest absolute Gasteiger partial charge is 0.212 e. The lowest BCUT2D eigenvalue weighted by molar-refractivity contribution is 0.356. The van der Waals surface area contributed by atoms with Crippen LogP contribution in [-0.2, 0) is 0 Å². The Balaban J connectivity index is 3.32. The van der Waals surface area contributed by atoms with Crippen LogP contribution in [0.5, 0.6) is 0 Å². The molecule has 0 aromatic heterocycles. The summed E-state index contributed by atoms with van der Waals surface area (Å²) in [4.78, 5) is 0. The zero-order valence-corrected chi connectivity index (χ0v) is 20.4. The molecule has 0 bridgehead atoms. The van der Waals surface area contributed by atoms with Crippen LogP contribution in [0.2, 0.25) is 0 Å². The second kappa shape index (κ2) is 8.91. The average molecular weight is 414 g/mol. The molecule has 0 amide bonds. The van der Waals surface area contributed by atoms with Gasteiger partial charge in [0.05, 0.1) is 33.1 Å². The highest BCUT2D eigenvalue weighted by molar-refractivity contribution is 7.89. The summed E-state index contributed by atoms with van der Waals surface area (Å²) in [6.07, 6.45) is 23.6. The highest BCUT2D eigenvalue weighted by Crippen LogP contribution is 2.69. The van der Waals surface area contributed by atoms with Gasteiger partial charge in [-0.2, -0.15) is 0 Å². The van der Waals surface area contributed by atoms with Crippen LogP contribution in [-0.4, -0.2) is 48.2 Å². The first-order chi connectivity index (χ1) is 11.9. The van der Waals surface area contributed by atoms with Crippen LogP contribution in [0.25, 0.3) is 0 Å². The van der Waals surface area contributed by atoms with E-state index < -0.39 is 12.3 Å². The number of terminal acetylenes is 1. The first-order valence-electron chi connectivity index (χ1n) is 9.55. The van der Waals surface area contributed by atoms with Gasteiger partial charge in [0.15, 0.2) is 0 Å². The van der Waals surface area contributed by atoms with Crippen LogP contribution in [0.4, 0.5) is 4.39 Å². The molecule has 0 heterocycles. The summed E-state index contributed by atoms with van der Waals surface area (Å²) in [6.45, 7) is 11.4. The summed E-state index contributed by atoms with van der Waals surface area (Å²) in [7, 11) is -0.504. The van der Waals surface area contributed by atoms with E-state index in [1.807, 2.05) is 13.8 Å². The molecule has 146 valence electrons. The molecule has 0 aliphatic heterocycles. The number of hydrogen-bond acceptors (Lipinski definition) is 0. The molecule has 4 heteroatoms. The van der Waals surface area contributed by atoms with Crippen LogP contribution in [0, 0.1) is 23.7 Å². The molecule has 0 fully saturated rings. The Kier molecular flexibility index (Phi) is 8.20. The topological polar surface area (TPSA) is 0 Å². The first kappa shape index (κ1) is 23.9. The van der Waals surface area contributed by atoms with Gasteiger partial charge >= 0.3 is 0 Å². The lowest BCUT2D eigenvalue weighted by Gasteiger charge is -2.42. The third-order valence-electron chi connectivity index (χ3n) is 6.29. The highest BCUT2D eigenvalue weighted by Gasteiger charge is 2.49. The molecule has 26 heavy (non-hydrogen) atoms. The molecular formula is C22H38FP3+2. The summed E-state index contributed by atoms with van der Waals surface area (Å²) in [5, 5.41) is 0.00581. The van der Waals surface area contributed by atoms with E-state index >= 15 is 0 Å². The second-order valence-corrected chi connectivity index (χ2v) is 18.4. The summed E-state index contributed by atoms with van der Waals surface area (Å²) < 4.78 is 14.6. The minimum absolute atomic E-state index is 0.00581. The Morgan fingerprint density at radius 2 is 1.73 bits per heavy atom. The molecule has 0 spiro atoms. The maximum Gasteiger partial charge on any atom is 0.127 e. The van der Waals surface area contributed by atoms with Crippen molar-refractivity contribution in [2.75, 3.05) is 24.1 Å². The monoisotopic (exact) mass is 414 g/mol. The molecule has 0 nitrogen and oxygen atoms in total. The van der Waals surface area contributed by atoms with E-state index in [9.17, 15) is 4.39 Å². The fourth-order valence-electron chi connectivity index (χ4n) is 4.09. The predicted octanol–water partition coefficient (Wildman–Crippen LogP) is 7.29. The van der Waals surface area contributed by atoms with Crippen LogP contribution >= 0.6 is 22.0 Å². The van der Waals surface area contributed by atoms with Gasteiger partial charge in [-0.15, -0.1) is 6.42 Å². The first-order valence-corrected chi connectivity index (χ1v) is 15.7. The van der Waals surface area contributed by atoms with E-state index in [0.717, 1.165) is 42.5 Å². The summed E-state index contributed by atoms with van der Waals surface area (Å²) >= 11 is 0. The Labute approximate surface area is 164 Å². The number of hydrogen-bond donors (Lipinski definition) is 0. The molecule has 0 saturated carbocycles. The Morgan fingerprint density at radius 3 is 2.04 bits per heavy atom. The highest BCUT2D eigenvalue weighted by atomic mass is 31.2. The smallest absolute Gasteiger partial charge is 0.127 e. The number of rotatable bonds is 9. The van der Waals surface area contributed by atoms with Crippen molar-refractivity contribution in [3.8, 4) is 12.3 Å². The van der Waals surface area contributed by atoms with Crippen molar-refractivity contribution in [3.05, 3.63) is 11.4 Å². The van der Waals surface area contributed by atoms with Crippen LogP contribution in [0.3, 0.4) is 0 Å². The molecule has 2 unspecified atom stereocenters. The molecule has 0 radical (unpaired) electrons. The van der Waals surface area contributed by atoms with Gasteiger partial charge in [0, 0.05) is 5.92 Å². The molecule has 1 rings (SSSR count). The third-order valence-corrected chi connectivity index (χ3v) is 18.3. The van der Waals surface area contributed by atoms with Crippen molar-refractivity contribution in [2.24, 2.45) is 11.3 Å². The SMILES string of the molecule is C#C[C@]1(CC(C)(C)P(=C)(C[P+](=C)CC)C[P+](=C)CC)C[C@@H](C)C(F)=C1C. The molecular weight excluding hydrogens is 376 g/mol. The number of halogens is 1. The van der Waals surface area contributed by atoms with E-state index in [1.54, 1.807) is 0 Å². The van der Waals surface area contributed by atoms with Gasteiger partial charge in [0.2, 0.25) is 0 Å². The van der Waals surface area contributed by atoms with Crippen LogP contribution in [0.15, 0.2) is 11.4 Å². The minimum atomic E-state index is -1.55. The molecule has 0 saturated heterocycles. The lowest BCUT2D eigenvalue weighted by Crippen LogP contribution is -2.33. The van der Waals surface area contributed by atoms with Gasteiger partial charge in [0.1, 0.15) is 30.0 Å². The predicted molar refractivity (Wildman–Crippen MR) is 130 cm³/mol. The number of allylic oxidation sites excluding steroid dienone is 2. The molecule has 4 atom stereocenters. The summed E-state index contributed by atoms with van der Waals surface area (Å²) in [6, 6.07) is 0. The average Bonchev–Trinajstić information content (AvgIpc) is 2.78.